The van der Waals surface area contributed by atoms with Crippen LogP contribution in [-0.2, 0) is 14.4 Å². The Labute approximate surface area is 145 Å². The average Bonchev–Trinajstić information content (AvgIpc) is 2.50. The van der Waals surface area contributed by atoms with E-state index in [0.717, 1.165) is 12.8 Å². The van der Waals surface area contributed by atoms with Crippen LogP contribution >= 0.6 is 28.6 Å². The maximum absolute atomic E-state index is 11.7. The molecule has 9 heteroatoms. The van der Waals surface area contributed by atoms with Crippen molar-refractivity contribution in [2.45, 2.75) is 38.4 Å². The number of hydrogen-bond acceptors (Lipinski definition) is 6. The average molecular weight is 397 g/mol. The summed E-state index contributed by atoms with van der Waals surface area (Å²) in [4.78, 5) is 34.0. The van der Waals surface area contributed by atoms with Crippen LogP contribution in [0.15, 0.2) is 0 Å². The smallest absolute Gasteiger partial charge is 0.231 e. The molecule has 128 valence electrons. The topological polar surface area (TPSA) is 113 Å². The third-order valence-electron chi connectivity index (χ3n) is 2.92. The van der Waals surface area contributed by atoms with Crippen molar-refractivity contribution >= 4 is 46.2 Å². The number of thiol groups is 1. The standard InChI is InChI=1S/C13H25BrN4O3S/c1-9(19)16-5-3-2-4-12(18-13(21)6-14)17-10(8-22)11(20)7-15/h10,12,17,22H,2-8,15H2,1H3,(H,16,19)(H,18,21)/t10-,12?/m0/s1. The van der Waals surface area contributed by atoms with Crippen LogP contribution in [0.25, 0.3) is 0 Å². The van der Waals surface area contributed by atoms with Crippen molar-refractivity contribution in [3.05, 3.63) is 0 Å². The van der Waals surface area contributed by atoms with Crippen LogP contribution in [0, 0.1) is 0 Å². The monoisotopic (exact) mass is 396 g/mol. The zero-order chi connectivity index (χ0) is 17.0. The minimum absolute atomic E-state index is 0.0639. The predicted octanol–water partition coefficient (Wildman–Crippen LogP) is -0.454. The van der Waals surface area contributed by atoms with Crippen molar-refractivity contribution in [2.75, 3.05) is 24.2 Å². The van der Waals surface area contributed by atoms with Gasteiger partial charge in [-0.2, -0.15) is 12.6 Å². The van der Waals surface area contributed by atoms with Crippen molar-refractivity contribution in [3.63, 3.8) is 0 Å². The Morgan fingerprint density at radius 2 is 1.95 bits per heavy atom. The highest BCUT2D eigenvalue weighted by molar-refractivity contribution is 9.09. The Morgan fingerprint density at radius 1 is 1.27 bits per heavy atom. The summed E-state index contributed by atoms with van der Waals surface area (Å²) in [6.45, 7) is 1.99. The zero-order valence-corrected chi connectivity index (χ0v) is 15.2. The SMILES string of the molecule is CC(=O)NCCCCC(NC(=O)CBr)N[C@@H](CS)C(=O)CN. The maximum atomic E-state index is 11.7. The molecule has 0 aliphatic heterocycles. The summed E-state index contributed by atoms with van der Waals surface area (Å²) in [6.07, 6.45) is 1.88. The van der Waals surface area contributed by atoms with Crippen molar-refractivity contribution in [1.29, 1.82) is 0 Å². The van der Waals surface area contributed by atoms with E-state index in [1.54, 1.807) is 0 Å². The molecule has 0 aromatic rings. The fourth-order valence-corrected chi connectivity index (χ4v) is 2.27. The molecule has 0 bridgehead atoms. The largest absolute Gasteiger partial charge is 0.356 e. The Kier molecular flexibility index (Phi) is 12.5. The third-order valence-corrected chi connectivity index (χ3v) is 3.80. The highest BCUT2D eigenvalue weighted by Crippen LogP contribution is 2.02. The van der Waals surface area contributed by atoms with Crippen LogP contribution in [0.3, 0.4) is 0 Å². The zero-order valence-electron chi connectivity index (χ0n) is 12.7. The molecule has 1 unspecified atom stereocenters. The van der Waals surface area contributed by atoms with E-state index < -0.39 is 6.04 Å². The van der Waals surface area contributed by atoms with Crippen LogP contribution in [0.4, 0.5) is 0 Å². The summed E-state index contributed by atoms with van der Waals surface area (Å²) in [6, 6.07) is -0.496. The van der Waals surface area contributed by atoms with E-state index in [2.05, 4.69) is 44.5 Å². The van der Waals surface area contributed by atoms with Gasteiger partial charge in [0.1, 0.15) is 0 Å². The number of rotatable bonds is 12. The number of alkyl halides is 1. The molecule has 2 atom stereocenters. The van der Waals surface area contributed by atoms with Gasteiger partial charge in [-0.25, -0.2) is 0 Å². The molecular formula is C13H25BrN4O3S. The fourth-order valence-electron chi connectivity index (χ4n) is 1.80. The second kappa shape index (κ2) is 12.9. The molecule has 0 saturated heterocycles. The molecule has 0 heterocycles. The van der Waals surface area contributed by atoms with Gasteiger partial charge in [-0.05, 0) is 19.3 Å². The summed E-state index contributed by atoms with van der Waals surface area (Å²) in [5.41, 5.74) is 5.36. The van der Waals surface area contributed by atoms with Gasteiger partial charge in [0.2, 0.25) is 11.8 Å². The number of hydrogen-bond donors (Lipinski definition) is 5. The number of ketones is 1. The second-order valence-corrected chi connectivity index (χ2v) is 5.73. The molecule has 22 heavy (non-hydrogen) atoms. The first-order valence-corrected chi connectivity index (χ1v) is 8.89. The number of nitrogens with one attached hydrogen (secondary N) is 3. The number of nitrogens with two attached hydrogens (primary N) is 1. The van der Waals surface area contributed by atoms with E-state index in [1.807, 2.05) is 0 Å². The molecule has 2 amide bonds. The lowest BCUT2D eigenvalue weighted by Crippen LogP contribution is -2.54. The summed E-state index contributed by atoms with van der Waals surface area (Å²) in [5, 5.41) is 8.77. The van der Waals surface area contributed by atoms with Crippen LogP contribution < -0.4 is 21.7 Å². The Bertz CT molecular complexity index is 371. The number of Topliss-reactive ketones (excluding diaryl/α,β-unsaturated/α-hetero) is 1. The van der Waals surface area contributed by atoms with E-state index >= 15 is 0 Å². The van der Waals surface area contributed by atoms with Crippen molar-refractivity contribution in [1.82, 2.24) is 16.0 Å². The van der Waals surface area contributed by atoms with Gasteiger partial charge in [0, 0.05) is 19.2 Å². The minimum Gasteiger partial charge on any atom is -0.356 e. The molecule has 0 saturated carbocycles. The van der Waals surface area contributed by atoms with E-state index in [1.165, 1.54) is 6.92 Å². The van der Waals surface area contributed by atoms with Crippen LogP contribution in [0.5, 0.6) is 0 Å². The lowest BCUT2D eigenvalue weighted by molar-refractivity contribution is -0.122. The maximum Gasteiger partial charge on any atom is 0.231 e. The second-order valence-electron chi connectivity index (χ2n) is 4.80. The van der Waals surface area contributed by atoms with Crippen LogP contribution in [-0.4, -0.2) is 54.0 Å². The minimum atomic E-state index is -0.496. The Morgan fingerprint density at radius 3 is 2.45 bits per heavy atom. The molecule has 5 N–H and O–H groups in total. The lowest BCUT2D eigenvalue weighted by Gasteiger charge is -2.24. The van der Waals surface area contributed by atoms with E-state index in [0.29, 0.717) is 18.7 Å². The van der Waals surface area contributed by atoms with Crippen molar-refractivity contribution in [2.24, 2.45) is 5.73 Å². The molecule has 0 aliphatic carbocycles. The summed E-state index contributed by atoms with van der Waals surface area (Å²) < 4.78 is 0. The van der Waals surface area contributed by atoms with Gasteiger partial charge in [0.25, 0.3) is 0 Å². The molecule has 0 fully saturated rings. The highest BCUT2D eigenvalue weighted by Gasteiger charge is 2.20. The first-order valence-electron chi connectivity index (χ1n) is 7.14. The van der Waals surface area contributed by atoms with E-state index in [4.69, 9.17) is 5.73 Å². The molecule has 0 rings (SSSR count). The van der Waals surface area contributed by atoms with Crippen molar-refractivity contribution in [3.8, 4) is 0 Å². The number of halogens is 1. The normalized spacial score (nSPS) is 13.3. The number of carbonyl (C=O) groups excluding carboxylic acids is 3. The number of amides is 2. The molecule has 0 aromatic heterocycles. The molecule has 7 nitrogen and oxygen atoms in total. The van der Waals surface area contributed by atoms with Crippen LogP contribution in [0.2, 0.25) is 0 Å². The van der Waals surface area contributed by atoms with Gasteiger partial charge >= 0.3 is 0 Å². The summed E-state index contributed by atoms with van der Waals surface area (Å²) >= 11 is 7.22. The Hall–Kier alpha value is -0.640. The molecular weight excluding hydrogens is 372 g/mol. The first kappa shape index (κ1) is 21.4. The lowest BCUT2D eigenvalue weighted by atomic mass is 10.1. The predicted molar refractivity (Wildman–Crippen MR) is 93.1 cm³/mol. The van der Waals surface area contributed by atoms with Gasteiger partial charge in [-0.3, -0.25) is 19.7 Å². The van der Waals surface area contributed by atoms with Gasteiger partial charge < -0.3 is 16.4 Å². The molecule has 0 aliphatic rings. The van der Waals surface area contributed by atoms with Crippen LogP contribution in [0.1, 0.15) is 26.2 Å². The molecule has 0 radical (unpaired) electrons. The summed E-state index contributed by atoms with van der Waals surface area (Å²) in [7, 11) is 0. The Balaban J connectivity index is 4.38. The molecule has 0 spiro atoms. The fraction of sp³-hybridized carbons (Fsp3) is 0.769. The highest BCUT2D eigenvalue weighted by atomic mass is 79.9. The van der Waals surface area contributed by atoms with Gasteiger partial charge in [-0.15, -0.1) is 0 Å². The number of unbranched alkanes of at least 4 members (excludes halogenated alkanes) is 1. The van der Waals surface area contributed by atoms with E-state index in [-0.39, 0.29) is 35.6 Å². The third kappa shape index (κ3) is 10.1. The summed E-state index contributed by atoms with van der Waals surface area (Å²) in [5.74, 6) is -0.0717. The number of carbonyl (C=O) groups is 3. The van der Waals surface area contributed by atoms with Gasteiger partial charge in [-0.1, -0.05) is 15.9 Å². The molecule has 0 aromatic carbocycles. The van der Waals surface area contributed by atoms with E-state index in [9.17, 15) is 14.4 Å². The first-order chi connectivity index (χ1) is 10.4. The quantitative estimate of drug-likeness (QED) is 0.132. The van der Waals surface area contributed by atoms with Gasteiger partial charge in [0.05, 0.1) is 24.1 Å². The van der Waals surface area contributed by atoms with Gasteiger partial charge in [0.15, 0.2) is 5.78 Å². The van der Waals surface area contributed by atoms with Crippen molar-refractivity contribution < 1.29 is 14.4 Å².